The zero-order valence-electron chi connectivity index (χ0n) is 8.90. The van der Waals surface area contributed by atoms with E-state index >= 15 is 0 Å². The molecule has 0 aliphatic rings. The lowest BCUT2D eigenvalue weighted by Crippen LogP contribution is -2.16. The van der Waals surface area contributed by atoms with Gasteiger partial charge < -0.3 is 21.0 Å². The van der Waals surface area contributed by atoms with Crippen LogP contribution in [-0.2, 0) is 0 Å². The summed E-state index contributed by atoms with van der Waals surface area (Å²) in [6.45, 7) is 0.375. The van der Waals surface area contributed by atoms with E-state index in [1.165, 1.54) is 19.2 Å². The summed E-state index contributed by atoms with van der Waals surface area (Å²) in [4.78, 5) is 0. The van der Waals surface area contributed by atoms with E-state index < -0.39 is 0 Å². The number of halogens is 1. The number of anilines is 1. The van der Waals surface area contributed by atoms with Crippen molar-refractivity contribution in [3.05, 3.63) is 24.0 Å². The first-order valence-corrected chi connectivity index (χ1v) is 4.71. The van der Waals surface area contributed by atoms with Crippen LogP contribution in [0.5, 0.6) is 5.75 Å². The van der Waals surface area contributed by atoms with Gasteiger partial charge in [0, 0.05) is 19.0 Å². The maximum Gasteiger partial charge on any atom is 0.146 e. The number of ether oxygens (including phenoxy) is 1. The third-order valence-corrected chi connectivity index (χ3v) is 2.00. The quantitative estimate of drug-likeness (QED) is 0.307. The largest absolute Gasteiger partial charge is 0.497 e. The second-order valence-electron chi connectivity index (χ2n) is 3.11. The van der Waals surface area contributed by atoms with Crippen molar-refractivity contribution >= 4 is 11.5 Å². The van der Waals surface area contributed by atoms with E-state index in [2.05, 4.69) is 10.5 Å². The number of rotatable bonds is 5. The third kappa shape index (κ3) is 3.30. The van der Waals surface area contributed by atoms with Gasteiger partial charge in [0.15, 0.2) is 0 Å². The molecule has 0 bridgehead atoms. The van der Waals surface area contributed by atoms with Crippen LogP contribution in [0.25, 0.3) is 0 Å². The van der Waals surface area contributed by atoms with Crippen LogP contribution in [-0.4, -0.2) is 24.7 Å². The summed E-state index contributed by atoms with van der Waals surface area (Å²) in [7, 11) is 1.51. The van der Waals surface area contributed by atoms with Gasteiger partial charge in [-0.05, 0) is 12.1 Å². The monoisotopic (exact) mass is 227 g/mol. The van der Waals surface area contributed by atoms with Crippen LogP contribution in [0.15, 0.2) is 23.4 Å². The first-order chi connectivity index (χ1) is 7.67. The molecular formula is C10H14FN3O2. The van der Waals surface area contributed by atoms with E-state index in [1.54, 1.807) is 6.07 Å². The Bertz CT molecular complexity index is 382. The Morgan fingerprint density at radius 2 is 2.38 bits per heavy atom. The minimum Gasteiger partial charge on any atom is -0.497 e. The third-order valence-electron chi connectivity index (χ3n) is 2.00. The molecule has 88 valence electrons. The van der Waals surface area contributed by atoms with Crippen LogP contribution in [0.4, 0.5) is 10.1 Å². The Kier molecular flexibility index (Phi) is 4.38. The van der Waals surface area contributed by atoms with Crippen molar-refractivity contribution in [1.82, 2.24) is 0 Å². The second kappa shape index (κ2) is 5.79. The van der Waals surface area contributed by atoms with E-state index in [4.69, 9.17) is 15.7 Å². The number of methoxy groups -OCH3 is 1. The molecule has 0 aliphatic heterocycles. The molecule has 0 atom stereocenters. The van der Waals surface area contributed by atoms with Crippen molar-refractivity contribution in [3.63, 3.8) is 0 Å². The fourth-order valence-corrected chi connectivity index (χ4v) is 1.14. The van der Waals surface area contributed by atoms with Crippen molar-refractivity contribution in [3.8, 4) is 5.75 Å². The molecular weight excluding hydrogens is 213 g/mol. The number of hydrogen-bond acceptors (Lipinski definition) is 4. The van der Waals surface area contributed by atoms with Gasteiger partial charge in [0.1, 0.15) is 17.4 Å². The first kappa shape index (κ1) is 12.1. The molecule has 0 aliphatic carbocycles. The molecule has 5 nitrogen and oxygen atoms in total. The molecule has 1 aromatic rings. The molecule has 0 fully saturated rings. The van der Waals surface area contributed by atoms with Gasteiger partial charge in [0.2, 0.25) is 0 Å². The molecule has 6 heteroatoms. The smallest absolute Gasteiger partial charge is 0.146 e. The normalized spacial score (nSPS) is 11.2. The van der Waals surface area contributed by atoms with Crippen LogP contribution in [0, 0.1) is 5.82 Å². The molecule has 0 aromatic heterocycles. The van der Waals surface area contributed by atoms with Crippen molar-refractivity contribution in [2.75, 3.05) is 19.0 Å². The van der Waals surface area contributed by atoms with Gasteiger partial charge in [-0.15, -0.1) is 0 Å². The van der Waals surface area contributed by atoms with Crippen LogP contribution in [0.3, 0.4) is 0 Å². The molecule has 0 saturated carbocycles. The SMILES string of the molecule is COc1ccc(F)c(NCCC(N)=NO)c1. The maximum absolute atomic E-state index is 13.3. The number of amidine groups is 1. The summed E-state index contributed by atoms with van der Waals surface area (Å²) in [5.41, 5.74) is 5.60. The first-order valence-electron chi connectivity index (χ1n) is 4.71. The summed E-state index contributed by atoms with van der Waals surface area (Å²) < 4.78 is 18.2. The highest BCUT2D eigenvalue weighted by atomic mass is 19.1. The van der Waals surface area contributed by atoms with Gasteiger partial charge in [0.25, 0.3) is 0 Å². The van der Waals surface area contributed by atoms with Crippen LogP contribution in [0.2, 0.25) is 0 Å². The maximum atomic E-state index is 13.3. The Morgan fingerprint density at radius 1 is 1.62 bits per heavy atom. The molecule has 1 rings (SSSR count). The van der Waals surface area contributed by atoms with E-state index in [1.807, 2.05) is 0 Å². The lowest BCUT2D eigenvalue weighted by Gasteiger charge is -2.08. The fraction of sp³-hybridized carbons (Fsp3) is 0.300. The molecule has 1 aromatic carbocycles. The van der Waals surface area contributed by atoms with Gasteiger partial charge in [0.05, 0.1) is 12.8 Å². The van der Waals surface area contributed by atoms with Crippen LogP contribution >= 0.6 is 0 Å². The lowest BCUT2D eigenvalue weighted by atomic mass is 10.2. The highest BCUT2D eigenvalue weighted by Gasteiger charge is 2.03. The zero-order chi connectivity index (χ0) is 12.0. The second-order valence-corrected chi connectivity index (χ2v) is 3.11. The minimum atomic E-state index is -0.375. The van der Waals surface area contributed by atoms with Crippen molar-refractivity contribution in [2.24, 2.45) is 10.9 Å². The fourth-order valence-electron chi connectivity index (χ4n) is 1.14. The Hall–Kier alpha value is -1.98. The summed E-state index contributed by atoms with van der Waals surface area (Å²) >= 11 is 0. The predicted octanol–water partition coefficient (Wildman–Crippen LogP) is 1.38. The van der Waals surface area contributed by atoms with Gasteiger partial charge in [-0.25, -0.2) is 4.39 Å². The van der Waals surface area contributed by atoms with E-state index in [9.17, 15) is 4.39 Å². The number of nitrogens with zero attached hydrogens (tertiary/aromatic N) is 1. The van der Waals surface area contributed by atoms with Gasteiger partial charge in [-0.2, -0.15) is 0 Å². The minimum absolute atomic E-state index is 0.0933. The van der Waals surface area contributed by atoms with Crippen molar-refractivity contribution in [1.29, 1.82) is 0 Å². The highest BCUT2D eigenvalue weighted by Crippen LogP contribution is 2.20. The predicted molar refractivity (Wildman–Crippen MR) is 59.5 cm³/mol. The summed E-state index contributed by atoms with van der Waals surface area (Å²) in [6, 6.07) is 4.39. The lowest BCUT2D eigenvalue weighted by molar-refractivity contribution is 0.317. The average molecular weight is 227 g/mol. The molecule has 0 saturated heterocycles. The topological polar surface area (TPSA) is 79.9 Å². The highest BCUT2D eigenvalue weighted by molar-refractivity contribution is 5.80. The average Bonchev–Trinajstić information content (AvgIpc) is 2.31. The standard InChI is InChI=1S/C10H14FN3O2/c1-16-7-2-3-8(11)9(6-7)13-5-4-10(12)14-15/h2-3,6,13,15H,4-5H2,1H3,(H2,12,14). The molecule has 0 unspecified atom stereocenters. The Morgan fingerprint density at radius 3 is 3.00 bits per heavy atom. The molecule has 0 spiro atoms. The molecule has 0 radical (unpaired) electrons. The van der Waals surface area contributed by atoms with E-state index in [0.717, 1.165) is 0 Å². The molecule has 0 amide bonds. The number of nitrogens with two attached hydrogens (primary N) is 1. The Balaban J connectivity index is 2.59. The van der Waals surface area contributed by atoms with Crippen molar-refractivity contribution < 1.29 is 14.3 Å². The number of benzene rings is 1. The van der Waals surface area contributed by atoms with E-state index in [-0.39, 0.29) is 11.7 Å². The summed E-state index contributed by atoms with van der Waals surface area (Å²) in [6.07, 6.45) is 0.327. The molecule has 16 heavy (non-hydrogen) atoms. The molecule has 4 N–H and O–H groups in total. The van der Waals surface area contributed by atoms with Gasteiger partial charge in [-0.1, -0.05) is 5.16 Å². The number of nitrogens with one attached hydrogen (secondary N) is 1. The van der Waals surface area contributed by atoms with Crippen LogP contribution in [0.1, 0.15) is 6.42 Å². The van der Waals surface area contributed by atoms with Gasteiger partial charge in [-0.3, -0.25) is 0 Å². The summed E-state index contributed by atoms with van der Waals surface area (Å²) in [5.74, 6) is 0.281. The Labute approximate surface area is 92.7 Å². The van der Waals surface area contributed by atoms with Crippen molar-refractivity contribution in [2.45, 2.75) is 6.42 Å². The van der Waals surface area contributed by atoms with Gasteiger partial charge >= 0.3 is 0 Å². The zero-order valence-corrected chi connectivity index (χ0v) is 8.90. The van der Waals surface area contributed by atoms with E-state index in [0.29, 0.717) is 24.4 Å². The number of hydrogen-bond donors (Lipinski definition) is 3. The summed E-state index contributed by atoms with van der Waals surface area (Å²) in [5, 5.41) is 13.9. The molecule has 0 heterocycles. The van der Waals surface area contributed by atoms with Crippen LogP contribution < -0.4 is 15.8 Å². The number of oxime groups is 1.